The highest BCUT2D eigenvalue weighted by molar-refractivity contribution is 5.86. The van der Waals surface area contributed by atoms with Gasteiger partial charge in [-0.3, -0.25) is 4.79 Å². The van der Waals surface area contributed by atoms with Gasteiger partial charge < -0.3 is 5.32 Å². The Labute approximate surface area is 84.5 Å². The van der Waals surface area contributed by atoms with E-state index in [2.05, 4.69) is 18.3 Å². The van der Waals surface area contributed by atoms with Crippen LogP contribution >= 0.6 is 0 Å². The third-order valence-corrected chi connectivity index (χ3v) is 3.56. The van der Waals surface area contributed by atoms with Crippen molar-refractivity contribution in [3.05, 3.63) is 0 Å². The largest absolute Gasteiger partial charge is 0.352 e. The first-order chi connectivity index (χ1) is 6.66. The molecule has 14 heavy (non-hydrogen) atoms. The van der Waals surface area contributed by atoms with Crippen LogP contribution in [-0.2, 0) is 4.79 Å². The van der Waals surface area contributed by atoms with Crippen LogP contribution in [0.15, 0.2) is 0 Å². The molecule has 0 aliphatic heterocycles. The van der Waals surface area contributed by atoms with Crippen molar-refractivity contribution >= 4 is 5.91 Å². The predicted molar refractivity (Wildman–Crippen MR) is 52.2 cm³/mol. The zero-order valence-electron chi connectivity index (χ0n) is 8.55. The summed E-state index contributed by atoms with van der Waals surface area (Å²) in [5.41, 5.74) is -0.668. The Bertz CT molecular complexity index is 282. The van der Waals surface area contributed by atoms with Crippen LogP contribution in [0, 0.1) is 22.7 Å². The Morgan fingerprint density at radius 2 is 2.14 bits per heavy atom. The van der Waals surface area contributed by atoms with E-state index < -0.39 is 5.41 Å². The SMILES string of the molecule is CC1CC(NC(=O)C2(C#N)CCC2)C1. The van der Waals surface area contributed by atoms with Crippen LogP contribution in [0.4, 0.5) is 0 Å². The summed E-state index contributed by atoms with van der Waals surface area (Å²) in [7, 11) is 0. The van der Waals surface area contributed by atoms with Crippen LogP contribution in [0.3, 0.4) is 0 Å². The molecule has 1 N–H and O–H groups in total. The third kappa shape index (κ3) is 1.39. The Hall–Kier alpha value is -1.04. The zero-order chi connectivity index (χ0) is 10.2. The van der Waals surface area contributed by atoms with E-state index in [1.54, 1.807) is 0 Å². The Morgan fingerprint density at radius 1 is 1.50 bits per heavy atom. The molecule has 76 valence electrons. The molecule has 0 unspecified atom stereocenters. The first kappa shape index (κ1) is 9.51. The van der Waals surface area contributed by atoms with E-state index in [-0.39, 0.29) is 5.91 Å². The lowest BCUT2D eigenvalue weighted by molar-refractivity contribution is -0.133. The molecule has 0 spiro atoms. The van der Waals surface area contributed by atoms with Gasteiger partial charge >= 0.3 is 0 Å². The number of carbonyl (C=O) groups is 1. The molecule has 0 aromatic heterocycles. The highest BCUT2D eigenvalue weighted by Gasteiger charge is 2.45. The number of nitriles is 1. The molecule has 0 saturated heterocycles. The van der Waals surface area contributed by atoms with Gasteiger partial charge in [0.1, 0.15) is 5.41 Å². The number of carbonyl (C=O) groups excluding carboxylic acids is 1. The number of nitrogens with one attached hydrogen (secondary N) is 1. The first-order valence-corrected chi connectivity index (χ1v) is 5.38. The number of rotatable bonds is 2. The molecule has 3 heteroatoms. The third-order valence-electron chi connectivity index (χ3n) is 3.56. The fourth-order valence-electron chi connectivity index (χ4n) is 2.26. The van der Waals surface area contributed by atoms with Crippen molar-refractivity contribution in [2.75, 3.05) is 0 Å². The highest BCUT2D eigenvalue weighted by Crippen LogP contribution is 2.41. The van der Waals surface area contributed by atoms with Gasteiger partial charge in [-0.15, -0.1) is 0 Å². The van der Waals surface area contributed by atoms with Gasteiger partial charge in [-0.05, 0) is 38.0 Å². The Kier molecular flexibility index (Phi) is 2.22. The van der Waals surface area contributed by atoms with Crippen LogP contribution < -0.4 is 5.32 Å². The molecule has 2 fully saturated rings. The minimum absolute atomic E-state index is 0.0249. The molecular formula is C11H16N2O. The smallest absolute Gasteiger partial charge is 0.240 e. The van der Waals surface area contributed by atoms with Gasteiger partial charge in [-0.1, -0.05) is 6.92 Å². The molecule has 2 saturated carbocycles. The lowest BCUT2D eigenvalue weighted by Gasteiger charge is -2.39. The van der Waals surface area contributed by atoms with E-state index in [0.29, 0.717) is 6.04 Å². The molecule has 1 amide bonds. The van der Waals surface area contributed by atoms with Gasteiger partial charge in [0.2, 0.25) is 5.91 Å². The summed E-state index contributed by atoms with van der Waals surface area (Å²) in [6, 6.07) is 2.50. The lowest BCUT2D eigenvalue weighted by atomic mass is 9.68. The number of hydrogen-bond acceptors (Lipinski definition) is 2. The van der Waals surface area contributed by atoms with Crippen LogP contribution in [0.2, 0.25) is 0 Å². The highest BCUT2D eigenvalue weighted by atomic mass is 16.2. The average Bonchev–Trinajstić information content (AvgIpc) is 2.00. The lowest BCUT2D eigenvalue weighted by Crippen LogP contribution is -2.51. The Balaban J connectivity index is 1.87. The molecule has 0 heterocycles. The molecule has 0 bridgehead atoms. The van der Waals surface area contributed by atoms with Crippen molar-refractivity contribution in [1.82, 2.24) is 5.32 Å². The number of nitrogens with zero attached hydrogens (tertiary/aromatic N) is 1. The van der Waals surface area contributed by atoms with Crippen molar-refractivity contribution in [2.24, 2.45) is 11.3 Å². The summed E-state index contributed by atoms with van der Waals surface area (Å²) in [4.78, 5) is 11.8. The summed E-state index contributed by atoms with van der Waals surface area (Å²) in [5, 5.41) is 11.9. The summed E-state index contributed by atoms with van der Waals surface area (Å²) in [6.07, 6.45) is 4.66. The van der Waals surface area contributed by atoms with E-state index in [1.165, 1.54) is 0 Å². The zero-order valence-corrected chi connectivity index (χ0v) is 8.55. The van der Waals surface area contributed by atoms with Crippen molar-refractivity contribution in [1.29, 1.82) is 5.26 Å². The fraction of sp³-hybridized carbons (Fsp3) is 0.818. The van der Waals surface area contributed by atoms with Gasteiger partial charge in [0.15, 0.2) is 0 Å². The van der Waals surface area contributed by atoms with E-state index in [4.69, 9.17) is 5.26 Å². The van der Waals surface area contributed by atoms with Crippen LogP contribution in [0.25, 0.3) is 0 Å². The van der Waals surface area contributed by atoms with Crippen molar-refractivity contribution in [2.45, 2.75) is 45.1 Å². The summed E-state index contributed by atoms with van der Waals surface area (Å²) in [5.74, 6) is 0.711. The second-order valence-corrected chi connectivity index (χ2v) is 4.79. The minimum Gasteiger partial charge on any atom is -0.352 e. The predicted octanol–water partition coefficient (Wildman–Crippen LogP) is 1.59. The summed E-state index contributed by atoms with van der Waals surface area (Å²) in [6.45, 7) is 2.19. The maximum absolute atomic E-state index is 11.8. The molecule has 0 atom stereocenters. The molecule has 0 radical (unpaired) electrons. The van der Waals surface area contributed by atoms with Crippen molar-refractivity contribution in [3.63, 3.8) is 0 Å². The second kappa shape index (κ2) is 3.27. The maximum atomic E-state index is 11.8. The van der Waals surface area contributed by atoms with Gasteiger partial charge in [-0.2, -0.15) is 5.26 Å². The summed E-state index contributed by atoms with van der Waals surface area (Å²) >= 11 is 0. The standard InChI is InChI=1S/C11H16N2O/c1-8-5-9(6-8)13-10(14)11(7-12)3-2-4-11/h8-9H,2-6H2,1H3,(H,13,14). The normalized spacial score (nSPS) is 33.4. The van der Waals surface area contributed by atoms with Gasteiger partial charge in [0.05, 0.1) is 6.07 Å². The molecule has 2 aliphatic rings. The topological polar surface area (TPSA) is 52.9 Å². The maximum Gasteiger partial charge on any atom is 0.240 e. The van der Waals surface area contributed by atoms with Crippen LogP contribution in [0.1, 0.15) is 39.0 Å². The number of hydrogen-bond donors (Lipinski definition) is 1. The van der Waals surface area contributed by atoms with E-state index in [1.807, 2.05) is 0 Å². The van der Waals surface area contributed by atoms with Crippen LogP contribution in [-0.4, -0.2) is 11.9 Å². The van der Waals surface area contributed by atoms with E-state index >= 15 is 0 Å². The second-order valence-electron chi connectivity index (χ2n) is 4.79. The van der Waals surface area contributed by atoms with Crippen LogP contribution in [0.5, 0.6) is 0 Å². The summed E-state index contributed by atoms with van der Waals surface area (Å²) < 4.78 is 0. The molecule has 3 nitrogen and oxygen atoms in total. The Morgan fingerprint density at radius 3 is 2.50 bits per heavy atom. The quantitative estimate of drug-likeness (QED) is 0.722. The molecule has 0 aromatic rings. The first-order valence-electron chi connectivity index (χ1n) is 5.38. The molecular weight excluding hydrogens is 176 g/mol. The molecule has 2 aliphatic carbocycles. The van der Waals surface area contributed by atoms with E-state index in [0.717, 1.165) is 38.0 Å². The van der Waals surface area contributed by atoms with Crippen molar-refractivity contribution < 1.29 is 4.79 Å². The monoisotopic (exact) mass is 192 g/mol. The molecule has 0 aromatic carbocycles. The van der Waals surface area contributed by atoms with E-state index in [9.17, 15) is 4.79 Å². The van der Waals surface area contributed by atoms with Gasteiger partial charge in [-0.25, -0.2) is 0 Å². The van der Waals surface area contributed by atoms with Gasteiger partial charge in [0, 0.05) is 6.04 Å². The average molecular weight is 192 g/mol. The van der Waals surface area contributed by atoms with Gasteiger partial charge in [0.25, 0.3) is 0 Å². The minimum atomic E-state index is -0.668. The fourth-order valence-corrected chi connectivity index (χ4v) is 2.26. The van der Waals surface area contributed by atoms with Crippen molar-refractivity contribution in [3.8, 4) is 6.07 Å². The molecule has 2 rings (SSSR count). The number of amides is 1.